The minimum Gasteiger partial charge on any atom is -0.396 e. The molecule has 0 radical (unpaired) electrons. The van der Waals surface area contributed by atoms with E-state index in [2.05, 4.69) is 0 Å². The quantitative estimate of drug-likeness (QED) is 0.613. The molecule has 3 aliphatic rings. The molecular formula is C20H28O4. The van der Waals surface area contributed by atoms with Crippen LogP contribution in [0.1, 0.15) is 52.4 Å². The summed E-state index contributed by atoms with van der Waals surface area (Å²) in [5.41, 5.74) is 2.33. The molecule has 132 valence electrons. The molecule has 1 saturated carbocycles. The molecule has 4 atom stereocenters. The molecular weight excluding hydrogens is 304 g/mol. The first kappa shape index (κ1) is 17.6. The molecule has 0 saturated heterocycles. The van der Waals surface area contributed by atoms with E-state index in [0.29, 0.717) is 12.0 Å². The van der Waals surface area contributed by atoms with Crippen molar-refractivity contribution in [2.45, 2.75) is 52.4 Å². The summed E-state index contributed by atoms with van der Waals surface area (Å²) in [5.74, 6) is 0.240. The van der Waals surface area contributed by atoms with E-state index < -0.39 is 5.41 Å². The van der Waals surface area contributed by atoms with Crippen LogP contribution in [0.4, 0.5) is 0 Å². The van der Waals surface area contributed by atoms with Gasteiger partial charge in [-0.1, -0.05) is 31.1 Å². The van der Waals surface area contributed by atoms with E-state index in [1.807, 2.05) is 19.9 Å². The number of Topliss-reactive ketones (excluding diaryl/α,β-unsaturated/α-hetero) is 1. The van der Waals surface area contributed by atoms with Crippen LogP contribution in [0.5, 0.6) is 0 Å². The Hall–Kier alpha value is -1.26. The molecule has 0 aliphatic heterocycles. The first-order valence-electron chi connectivity index (χ1n) is 9.04. The lowest BCUT2D eigenvalue weighted by Gasteiger charge is -2.49. The van der Waals surface area contributed by atoms with Gasteiger partial charge in [-0.3, -0.25) is 9.59 Å². The summed E-state index contributed by atoms with van der Waals surface area (Å²) in [5, 5.41) is 19.8. The smallest absolute Gasteiger partial charge is 0.146 e. The molecule has 0 unspecified atom stereocenters. The molecule has 1 fully saturated rings. The monoisotopic (exact) mass is 332 g/mol. The predicted molar refractivity (Wildman–Crippen MR) is 91.2 cm³/mol. The van der Waals surface area contributed by atoms with Crippen molar-refractivity contribution in [3.8, 4) is 0 Å². The average Bonchev–Trinajstić information content (AvgIpc) is 2.93. The lowest BCUT2D eigenvalue weighted by atomic mass is 9.54. The van der Waals surface area contributed by atoms with Gasteiger partial charge in [0.1, 0.15) is 12.1 Å². The number of aliphatic hydroxyl groups is 2. The van der Waals surface area contributed by atoms with Crippen molar-refractivity contribution in [1.29, 1.82) is 0 Å². The minimum atomic E-state index is -0.472. The van der Waals surface area contributed by atoms with Gasteiger partial charge in [-0.2, -0.15) is 0 Å². The van der Waals surface area contributed by atoms with Gasteiger partial charge in [0, 0.05) is 29.8 Å². The van der Waals surface area contributed by atoms with E-state index in [4.69, 9.17) is 0 Å². The normalized spacial score (nSPS) is 37.4. The van der Waals surface area contributed by atoms with Crippen molar-refractivity contribution in [1.82, 2.24) is 0 Å². The average molecular weight is 332 g/mol. The molecule has 0 heterocycles. The van der Waals surface area contributed by atoms with Crippen molar-refractivity contribution in [2.75, 3.05) is 13.2 Å². The third-order valence-electron chi connectivity index (χ3n) is 6.97. The summed E-state index contributed by atoms with van der Waals surface area (Å²) < 4.78 is 0. The Balaban J connectivity index is 2.14. The molecule has 24 heavy (non-hydrogen) atoms. The molecule has 3 rings (SSSR count). The zero-order valence-electron chi connectivity index (χ0n) is 14.7. The van der Waals surface area contributed by atoms with Crippen LogP contribution in [-0.4, -0.2) is 35.5 Å². The lowest BCUT2D eigenvalue weighted by molar-refractivity contribution is -0.132. The number of hydrogen-bond donors (Lipinski definition) is 2. The maximum Gasteiger partial charge on any atom is 0.146 e. The van der Waals surface area contributed by atoms with Gasteiger partial charge in [0.25, 0.3) is 0 Å². The van der Waals surface area contributed by atoms with E-state index in [9.17, 15) is 19.8 Å². The Kier molecular flexibility index (Phi) is 4.56. The summed E-state index contributed by atoms with van der Waals surface area (Å²) in [4.78, 5) is 24.2. The maximum absolute atomic E-state index is 12.9. The highest BCUT2D eigenvalue weighted by Gasteiger charge is 2.56. The second-order valence-electron chi connectivity index (χ2n) is 8.16. The highest BCUT2D eigenvalue weighted by Crippen LogP contribution is 2.62. The zero-order valence-corrected chi connectivity index (χ0v) is 14.7. The number of carbonyl (C=O) groups excluding carboxylic acids is 2. The molecule has 4 heteroatoms. The van der Waals surface area contributed by atoms with Crippen LogP contribution in [0, 0.1) is 22.7 Å². The van der Waals surface area contributed by atoms with Crippen LogP contribution in [-0.2, 0) is 9.59 Å². The van der Waals surface area contributed by atoms with Gasteiger partial charge in [0.15, 0.2) is 0 Å². The molecule has 0 aromatic carbocycles. The third-order valence-corrected chi connectivity index (χ3v) is 6.97. The van der Waals surface area contributed by atoms with Crippen molar-refractivity contribution < 1.29 is 19.8 Å². The summed E-state index contributed by atoms with van der Waals surface area (Å²) in [6, 6.07) is 0. The Bertz CT molecular complexity index is 617. The summed E-state index contributed by atoms with van der Waals surface area (Å²) in [6.45, 7) is 4.25. The molecule has 2 N–H and O–H groups in total. The van der Waals surface area contributed by atoms with Crippen LogP contribution in [0.25, 0.3) is 0 Å². The first-order valence-corrected chi connectivity index (χ1v) is 9.04. The van der Waals surface area contributed by atoms with Gasteiger partial charge in [0.05, 0.1) is 6.61 Å². The largest absolute Gasteiger partial charge is 0.396 e. The van der Waals surface area contributed by atoms with Crippen molar-refractivity contribution in [3.63, 3.8) is 0 Å². The van der Waals surface area contributed by atoms with E-state index >= 15 is 0 Å². The van der Waals surface area contributed by atoms with Crippen LogP contribution in [0.15, 0.2) is 22.8 Å². The SMILES string of the molecule is C[C@H](CO)C1=C2[C@H]3CC=C(C=O)CC(=O)[C@]3(C)CC[C@@]2(CO)CC1. The second-order valence-corrected chi connectivity index (χ2v) is 8.16. The highest BCUT2D eigenvalue weighted by molar-refractivity contribution is 5.93. The van der Waals surface area contributed by atoms with Gasteiger partial charge >= 0.3 is 0 Å². The number of allylic oxidation sites excluding steroid dienone is 2. The second kappa shape index (κ2) is 6.23. The van der Waals surface area contributed by atoms with Gasteiger partial charge in [0.2, 0.25) is 0 Å². The van der Waals surface area contributed by atoms with Crippen LogP contribution in [0.2, 0.25) is 0 Å². The fourth-order valence-electron chi connectivity index (χ4n) is 5.22. The molecule has 0 amide bonds. The number of rotatable bonds is 4. The van der Waals surface area contributed by atoms with E-state index in [-0.39, 0.29) is 42.7 Å². The van der Waals surface area contributed by atoms with Gasteiger partial charge in [-0.25, -0.2) is 0 Å². The molecule has 4 nitrogen and oxygen atoms in total. The van der Waals surface area contributed by atoms with Crippen LogP contribution >= 0.6 is 0 Å². The maximum atomic E-state index is 12.9. The number of hydrogen-bond acceptors (Lipinski definition) is 4. The standard InChI is InChI=1S/C20H28O4/c1-13(10-21)15-5-6-20(12-23)8-7-19(2)16(18(15)20)4-3-14(11-22)9-17(19)24/h3,11,13,16,21,23H,4-10,12H2,1-2H3/t13-,16-,19-,20-/m1/s1. The molecule has 0 aromatic rings. The minimum absolute atomic E-state index is 0.0369. The van der Waals surface area contributed by atoms with Crippen LogP contribution in [0.3, 0.4) is 0 Å². The van der Waals surface area contributed by atoms with Crippen molar-refractivity contribution in [2.24, 2.45) is 22.7 Å². The topological polar surface area (TPSA) is 74.6 Å². The molecule has 3 aliphatic carbocycles. The highest BCUT2D eigenvalue weighted by atomic mass is 16.3. The van der Waals surface area contributed by atoms with E-state index in [1.165, 1.54) is 11.1 Å². The lowest BCUT2D eigenvalue weighted by Crippen LogP contribution is -2.46. The van der Waals surface area contributed by atoms with Gasteiger partial charge in [-0.15, -0.1) is 0 Å². The fourth-order valence-corrected chi connectivity index (χ4v) is 5.22. The molecule has 0 aromatic heterocycles. The van der Waals surface area contributed by atoms with Crippen LogP contribution < -0.4 is 0 Å². The van der Waals surface area contributed by atoms with Gasteiger partial charge < -0.3 is 10.2 Å². The van der Waals surface area contributed by atoms with E-state index in [1.54, 1.807) is 0 Å². The number of fused-ring (bicyclic) bond motifs is 3. The summed E-state index contributed by atoms with van der Waals surface area (Å²) in [6.07, 6.45) is 7.00. The van der Waals surface area contributed by atoms with Gasteiger partial charge in [-0.05, 0) is 43.6 Å². The zero-order chi connectivity index (χ0) is 17.5. The third kappa shape index (κ3) is 2.42. The number of ketones is 1. The van der Waals surface area contributed by atoms with Crippen molar-refractivity contribution >= 4 is 12.1 Å². The predicted octanol–water partition coefficient (Wildman–Crippen LogP) is 2.59. The summed E-state index contributed by atoms with van der Waals surface area (Å²) >= 11 is 0. The van der Waals surface area contributed by atoms with E-state index in [0.717, 1.165) is 32.0 Å². The fraction of sp³-hybridized carbons (Fsp3) is 0.700. The van der Waals surface area contributed by atoms with Crippen molar-refractivity contribution in [3.05, 3.63) is 22.8 Å². The Morgan fingerprint density at radius 2 is 2.08 bits per heavy atom. The Labute approximate surface area is 143 Å². The molecule has 0 bridgehead atoms. The number of aldehydes is 1. The summed E-state index contributed by atoms with van der Waals surface area (Å²) in [7, 11) is 0. The molecule has 0 spiro atoms. The Morgan fingerprint density at radius 3 is 2.71 bits per heavy atom. The number of carbonyl (C=O) groups is 2. The first-order chi connectivity index (χ1) is 11.4. The Morgan fingerprint density at radius 1 is 1.33 bits per heavy atom. The number of aliphatic hydroxyl groups excluding tert-OH is 2.